The molecule has 6 heteroatoms. The highest BCUT2D eigenvalue weighted by Gasteiger charge is 2.50. The molecule has 0 bridgehead atoms. The van der Waals surface area contributed by atoms with Crippen LogP contribution in [0.3, 0.4) is 0 Å². The molecule has 1 aliphatic heterocycles. The van der Waals surface area contributed by atoms with Gasteiger partial charge in [0.2, 0.25) is 0 Å². The lowest BCUT2D eigenvalue weighted by molar-refractivity contribution is -0.147. The highest BCUT2D eigenvalue weighted by atomic mass is 16.5. The maximum Gasteiger partial charge on any atom is 0.322 e. The van der Waals surface area contributed by atoms with Crippen LogP contribution in [0.2, 0.25) is 0 Å². The summed E-state index contributed by atoms with van der Waals surface area (Å²) in [5, 5.41) is 4.65. The Hall–Kier alpha value is -1.59. The van der Waals surface area contributed by atoms with Crippen LogP contribution in [0.5, 0.6) is 0 Å². The number of nitrogens with one attached hydrogen (secondary N) is 2. The van der Waals surface area contributed by atoms with Crippen LogP contribution in [0.25, 0.3) is 0 Å². The number of rotatable bonds is 4. The summed E-state index contributed by atoms with van der Waals surface area (Å²) in [5.74, 6) is -1.16. The molecule has 0 radical (unpaired) electrons. The average molecular weight is 228 g/mol. The van der Waals surface area contributed by atoms with E-state index in [4.69, 9.17) is 4.74 Å². The number of hydrogen-bond acceptors (Lipinski definition) is 4. The summed E-state index contributed by atoms with van der Waals surface area (Å²) < 4.78 is 4.79. The number of hydrogen-bond donors (Lipinski definition) is 2. The van der Waals surface area contributed by atoms with Gasteiger partial charge in [0.05, 0.1) is 13.0 Å². The maximum atomic E-state index is 11.7. The Morgan fingerprint density at radius 3 is 2.44 bits per heavy atom. The van der Waals surface area contributed by atoms with Crippen LogP contribution in [0.4, 0.5) is 4.79 Å². The third-order valence-electron chi connectivity index (χ3n) is 2.68. The van der Waals surface area contributed by atoms with Gasteiger partial charge in [-0.15, -0.1) is 0 Å². The van der Waals surface area contributed by atoms with Crippen molar-refractivity contribution in [3.8, 4) is 0 Å². The van der Waals surface area contributed by atoms with Crippen molar-refractivity contribution in [1.29, 1.82) is 0 Å². The van der Waals surface area contributed by atoms with Gasteiger partial charge in [0.15, 0.2) is 0 Å². The summed E-state index contributed by atoms with van der Waals surface area (Å²) >= 11 is 0. The quantitative estimate of drug-likeness (QED) is 0.530. The monoisotopic (exact) mass is 228 g/mol. The Morgan fingerprint density at radius 1 is 1.44 bits per heavy atom. The largest absolute Gasteiger partial charge is 0.466 e. The predicted molar refractivity (Wildman–Crippen MR) is 55.5 cm³/mol. The first kappa shape index (κ1) is 12.5. The Morgan fingerprint density at radius 2 is 2.06 bits per heavy atom. The molecule has 1 fully saturated rings. The fraction of sp³-hybridized carbons (Fsp3) is 0.700. The molecular formula is C10H16N2O4. The van der Waals surface area contributed by atoms with E-state index in [1.165, 1.54) is 0 Å². The van der Waals surface area contributed by atoms with Crippen LogP contribution in [0.1, 0.15) is 27.2 Å². The van der Waals surface area contributed by atoms with Crippen LogP contribution < -0.4 is 10.6 Å². The first-order valence-electron chi connectivity index (χ1n) is 5.21. The summed E-state index contributed by atoms with van der Waals surface area (Å²) in [6.45, 7) is 5.48. The van der Waals surface area contributed by atoms with Gasteiger partial charge in [-0.05, 0) is 12.8 Å². The molecule has 90 valence electrons. The van der Waals surface area contributed by atoms with Gasteiger partial charge in [0.25, 0.3) is 5.91 Å². The number of urea groups is 1. The Bertz CT molecular complexity index is 327. The van der Waals surface area contributed by atoms with Crippen LogP contribution in [-0.2, 0) is 14.3 Å². The zero-order valence-electron chi connectivity index (χ0n) is 9.62. The molecule has 16 heavy (non-hydrogen) atoms. The fourth-order valence-corrected chi connectivity index (χ4v) is 1.68. The van der Waals surface area contributed by atoms with E-state index in [9.17, 15) is 14.4 Å². The van der Waals surface area contributed by atoms with Crippen molar-refractivity contribution in [2.75, 3.05) is 6.61 Å². The van der Waals surface area contributed by atoms with E-state index in [0.717, 1.165) is 0 Å². The molecule has 6 nitrogen and oxygen atoms in total. The zero-order valence-corrected chi connectivity index (χ0v) is 9.62. The molecule has 0 aromatic carbocycles. The van der Waals surface area contributed by atoms with Gasteiger partial charge in [-0.1, -0.05) is 13.8 Å². The summed E-state index contributed by atoms with van der Waals surface area (Å²) in [4.78, 5) is 34.2. The molecule has 1 saturated heterocycles. The lowest BCUT2D eigenvalue weighted by atomic mass is 9.83. The third-order valence-corrected chi connectivity index (χ3v) is 2.68. The lowest BCUT2D eigenvalue weighted by Crippen LogP contribution is -2.53. The van der Waals surface area contributed by atoms with E-state index in [2.05, 4.69) is 10.6 Å². The number of carbonyl (C=O) groups is 3. The summed E-state index contributed by atoms with van der Waals surface area (Å²) in [7, 11) is 0. The standard InChI is InChI=1S/C10H16N2O4/c1-4-16-7(13)5-10(6(2)3)8(14)11-9(15)12-10/h6H,4-5H2,1-3H3,(H2,11,12,14,15)/t10-/m1/s1. The molecular weight excluding hydrogens is 212 g/mol. The summed E-state index contributed by atoms with van der Waals surface area (Å²) in [5.41, 5.74) is -1.18. The molecule has 1 rings (SSSR count). The third kappa shape index (κ3) is 2.15. The SMILES string of the molecule is CCOC(=O)C[C@]1(C(C)C)NC(=O)NC1=O. The lowest BCUT2D eigenvalue weighted by Gasteiger charge is -2.28. The maximum absolute atomic E-state index is 11.7. The molecule has 0 aromatic rings. The molecule has 0 aromatic heterocycles. The molecule has 0 aliphatic carbocycles. The molecule has 1 atom stereocenters. The van der Waals surface area contributed by atoms with E-state index < -0.39 is 23.4 Å². The molecule has 1 aliphatic rings. The van der Waals surface area contributed by atoms with Crippen molar-refractivity contribution < 1.29 is 19.1 Å². The van der Waals surface area contributed by atoms with Crippen LogP contribution in [0.15, 0.2) is 0 Å². The first-order chi connectivity index (χ1) is 7.42. The molecule has 0 spiro atoms. The fourth-order valence-electron chi connectivity index (χ4n) is 1.68. The number of carbonyl (C=O) groups excluding carboxylic acids is 3. The highest BCUT2D eigenvalue weighted by Crippen LogP contribution is 2.25. The van der Waals surface area contributed by atoms with E-state index in [1.807, 2.05) is 0 Å². The van der Waals surface area contributed by atoms with Gasteiger partial charge in [-0.25, -0.2) is 4.79 Å². The smallest absolute Gasteiger partial charge is 0.322 e. The Labute approximate surface area is 93.7 Å². The van der Waals surface area contributed by atoms with Crippen molar-refractivity contribution in [1.82, 2.24) is 10.6 Å². The number of esters is 1. The molecule has 3 amide bonds. The van der Waals surface area contributed by atoms with Crippen molar-refractivity contribution in [3.05, 3.63) is 0 Å². The van der Waals surface area contributed by atoms with E-state index in [0.29, 0.717) is 0 Å². The van der Waals surface area contributed by atoms with Gasteiger partial charge >= 0.3 is 12.0 Å². The van der Waals surface area contributed by atoms with E-state index >= 15 is 0 Å². The zero-order chi connectivity index (χ0) is 12.3. The Balaban J connectivity index is 2.86. The second-order valence-electron chi connectivity index (χ2n) is 4.02. The molecule has 0 unspecified atom stereocenters. The minimum Gasteiger partial charge on any atom is -0.466 e. The number of amides is 3. The van der Waals surface area contributed by atoms with Gasteiger partial charge in [0.1, 0.15) is 5.54 Å². The van der Waals surface area contributed by atoms with Crippen LogP contribution in [-0.4, -0.2) is 30.1 Å². The van der Waals surface area contributed by atoms with Crippen LogP contribution >= 0.6 is 0 Å². The highest BCUT2D eigenvalue weighted by molar-refractivity contribution is 6.08. The average Bonchev–Trinajstić information content (AvgIpc) is 2.42. The summed E-state index contributed by atoms with van der Waals surface area (Å²) in [6, 6.07) is -0.567. The number of ether oxygens (including phenoxy) is 1. The van der Waals surface area contributed by atoms with Crippen molar-refractivity contribution >= 4 is 17.9 Å². The van der Waals surface area contributed by atoms with Gasteiger partial charge in [-0.3, -0.25) is 14.9 Å². The topological polar surface area (TPSA) is 84.5 Å². The predicted octanol–water partition coefficient (Wildman–Crippen LogP) is 0.174. The number of imide groups is 1. The molecule has 0 saturated carbocycles. The second kappa shape index (κ2) is 4.51. The first-order valence-corrected chi connectivity index (χ1v) is 5.21. The van der Waals surface area contributed by atoms with E-state index in [1.54, 1.807) is 20.8 Å². The van der Waals surface area contributed by atoms with Crippen LogP contribution in [0, 0.1) is 5.92 Å². The molecule has 2 N–H and O–H groups in total. The van der Waals surface area contributed by atoms with Gasteiger partial charge in [-0.2, -0.15) is 0 Å². The summed E-state index contributed by atoms with van der Waals surface area (Å²) in [6.07, 6.45) is -0.143. The van der Waals surface area contributed by atoms with Gasteiger partial charge in [0, 0.05) is 0 Å². The van der Waals surface area contributed by atoms with Crippen molar-refractivity contribution in [3.63, 3.8) is 0 Å². The Kier molecular flexibility index (Phi) is 3.51. The minimum atomic E-state index is -1.18. The van der Waals surface area contributed by atoms with Crippen molar-refractivity contribution in [2.24, 2.45) is 5.92 Å². The van der Waals surface area contributed by atoms with Gasteiger partial charge < -0.3 is 10.1 Å². The van der Waals surface area contributed by atoms with E-state index in [-0.39, 0.29) is 18.9 Å². The molecule has 1 heterocycles. The minimum absolute atomic E-state index is 0.143. The second-order valence-corrected chi connectivity index (χ2v) is 4.02. The van der Waals surface area contributed by atoms with Crippen molar-refractivity contribution in [2.45, 2.75) is 32.7 Å². The normalized spacial score (nSPS) is 24.2.